The van der Waals surface area contributed by atoms with E-state index in [-0.39, 0.29) is 12.6 Å². The number of nitrogens with one attached hydrogen (secondary N) is 1. The summed E-state index contributed by atoms with van der Waals surface area (Å²) in [6, 6.07) is 0.983. The Balaban J connectivity index is 1.74. The molecule has 1 aromatic heterocycles. The first kappa shape index (κ1) is 23.8. The molecule has 0 spiro atoms. The van der Waals surface area contributed by atoms with Crippen LogP contribution in [-0.4, -0.2) is 44.7 Å². The number of hydrogen-bond acceptors (Lipinski definition) is 5. The molecule has 8 nitrogen and oxygen atoms in total. The highest BCUT2D eigenvalue weighted by atomic mass is 19.4. The number of nitrogens with zero attached hydrogens (tertiary/aromatic N) is 4. The van der Waals surface area contributed by atoms with E-state index in [2.05, 4.69) is 15.5 Å². The van der Waals surface area contributed by atoms with Crippen LogP contribution in [-0.2, 0) is 26.7 Å². The number of rotatable bonds is 6. The highest BCUT2D eigenvalue weighted by Crippen LogP contribution is 2.38. The average Bonchev–Trinajstić information content (AvgIpc) is 3.32. The number of amides is 2. The first-order valence-electron chi connectivity index (χ1n) is 9.21. The normalized spacial score (nSPS) is 14.7. The Kier molecular flexibility index (Phi) is 6.46. The van der Waals surface area contributed by atoms with Gasteiger partial charge in [-0.25, -0.2) is 14.7 Å². The van der Waals surface area contributed by atoms with Crippen molar-refractivity contribution in [2.75, 3.05) is 13.2 Å². The lowest BCUT2D eigenvalue weighted by atomic mass is 10.0. The Morgan fingerprint density at radius 1 is 1.15 bits per heavy atom. The summed E-state index contributed by atoms with van der Waals surface area (Å²) in [5.74, 6) is -1.30. The second-order valence-corrected chi connectivity index (χ2v) is 6.60. The maximum Gasteiger partial charge on any atom is 0.416 e. The average molecular weight is 475 g/mol. The largest absolute Gasteiger partial charge is 0.496 e. The Hall–Kier alpha value is -3.84. The van der Waals surface area contributed by atoms with Gasteiger partial charge in [-0.05, 0) is 25.1 Å². The Morgan fingerprint density at radius 3 is 2.36 bits per heavy atom. The summed E-state index contributed by atoms with van der Waals surface area (Å²) in [4.78, 5) is 27.5. The van der Waals surface area contributed by atoms with Crippen LogP contribution in [0.15, 0.2) is 42.4 Å². The van der Waals surface area contributed by atoms with Gasteiger partial charge in [-0.2, -0.15) is 26.3 Å². The molecule has 0 radical (unpaired) electrons. The van der Waals surface area contributed by atoms with Crippen molar-refractivity contribution < 1.29 is 40.7 Å². The lowest BCUT2D eigenvalue weighted by Crippen LogP contribution is -2.42. The summed E-state index contributed by atoms with van der Waals surface area (Å²) in [5.41, 5.74) is -1.23. The minimum Gasteiger partial charge on any atom is -0.496 e. The molecule has 1 aliphatic rings. The van der Waals surface area contributed by atoms with Gasteiger partial charge in [0.05, 0.1) is 17.7 Å². The number of aromatic nitrogens is 3. The van der Waals surface area contributed by atoms with Crippen molar-refractivity contribution >= 4 is 18.0 Å². The number of hydrogen-bond donors (Lipinski definition) is 1. The molecule has 2 amide bonds. The van der Waals surface area contributed by atoms with Crippen LogP contribution >= 0.6 is 0 Å². The number of carbonyl (C=O) groups excluding carboxylic acids is 2. The number of ether oxygens (including phenoxy) is 1. The number of carbonyl (C=O) groups is 2. The van der Waals surface area contributed by atoms with Gasteiger partial charge in [0.1, 0.15) is 18.6 Å². The Bertz CT molecular complexity index is 1090. The topological polar surface area (TPSA) is 89.4 Å². The van der Waals surface area contributed by atoms with E-state index in [0.717, 1.165) is 28.3 Å². The van der Waals surface area contributed by atoms with Crippen molar-refractivity contribution in [1.29, 1.82) is 0 Å². The number of hydrazine groups is 1. The van der Waals surface area contributed by atoms with Crippen molar-refractivity contribution in [1.82, 2.24) is 25.2 Å². The van der Waals surface area contributed by atoms with Crippen molar-refractivity contribution in [2.24, 2.45) is 0 Å². The Labute approximate surface area is 182 Å². The molecule has 2 aromatic rings. The van der Waals surface area contributed by atoms with Crippen molar-refractivity contribution in [3.05, 3.63) is 53.6 Å². The molecule has 0 saturated carbocycles. The zero-order valence-electron chi connectivity index (χ0n) is 16.7. The lowest BCUT2D eigenvalue weighted by molar-refractivity contribution is -0.143. The van der Waals surface area contributed by atoms with Crippen LogP contribution in [0, 0.1) is 0 Å². The maximum atomic E-state index is 13.0. The fourth-order valence-electron chi connectivity index (χ4n) is 2.74. The monoisotopic (exact) mass is 475 g/mol. The van der Waals surface area contributed by atoms with Gasteiger partial charge in [0.2, 0.25) is 0 Å². The van der Waals surface area contributed by atoms with Crippen LogP contribution in [0.3, 0.4) is 0 Å². The van der Waals surface area contributed by atoms with Crippen molar-refractivity contribution in [3.8, 4) is 11.4 Å². The van der Waals surface area contributed by atoms with E-state index >= 15 is 0 Å². The first-order valence-corrected chi connectivity index (χ1v) is 9.21. The predicted molar refractivity (Wildman–Crippen MR) is 100 cm³/mol. The third kappa shape index (κ3) is 5.90. The second kappa shape index (κ2) is 8.96. The molecule has 14 heteroatoms. The van der Waals surface area contributed by atoms with Gasteiger partial charge >= 0.3 is 12.4 Å². The van der Waals surface area contributed by atoms with Gasteiger partial charge in [0.25, 0.3) is 11.8 Å². The molecule has 0 atom stereocenters. The number of benzene rings is 1. The van der Waals surface area contributed by atoms with E-state index in [0.29, 0.717) is 24.5 Å². The molecule has 0 aliphatic carbocycles. The molecule has 0 fully saturated rings. The van der Waals surface area contributed by atoms with Gasteiger partial charge in [-0.15, -0.1) is 5.10 Å². The summed E-state index contributed by atoms with van der Waals surface area (Å²) in [6.45, 7) is 2.09. The Morgan fingerprint density at radius 2 is 1.79 bits per heavy atom. The third-order valence-electron chi connectivity index (χ3n) is 4.17. The molecule has 33 heavy (non-hydrogen) atoms. The molecule has 1 aliphatic heterocycles. The first-order chi connectivity index (χ1) is 15.4. The van der Waals surface area contributed by atoms with Crippen molar-refractivity contribution in [3.63, 3.8) is 0 Å². The zero-order chi connectivity index (χ0) is 24.4. The van der Waals surface area contributed by atoms with Crippen LogP contribution in [0.25, 0.3) is 17.6 Å². The summed E-state index contributed by atoms with van der Waals surface area (Å²) in [6.07, 6.45) is -5.83. The van der Waals surface area contributed by atoms with Gasteiger partial charge in [-0.1, -0.05) is 0 Å². The minimum atomic E-state index is -5.01. The van der Waals surface area contributed by atoms with Gasteiger partial charge in [0.15, 0.2) is 5.82 Å². The van der Waals surface area contributed by atoms with Crippen molar-refractivity contribution in [2.45, 2.75) is 19.3 Å². The van der Waals surface area contributed by atoms with E-state index in [1.165, 1.54) is 6.08 Å². The molecular formula is C19H15F6N5O3. The maximum absolute atomic E-state index is 13.0. The summed E-state index contributed by atoms with van der Waals surface area (Å²) in [5, 5.41) is 4.77. The molecule has 2 heterocycles. The van der Waals surface area contributed by atoms with Gasteiger partial charge in [0, 0.05) is 23.9 Å². The molecular weight excluding hydrogens is 460 g/mol. The lowest BCUT2D eigenvalue weighted by Gasteiger charge is -2.16. The van der Waals surface area contributed by atoms with Crippen LogP contribution in [0.1, 0.15) is 18.1 Å². The summed E-state index contributed by atoms with van der Waals surface area (Å²) in [7, 11) is 0. The summed E-state index contributed by atoms with van der Waals surface area (Å²) < 4.78 is 84.2. The van der Waals surface area contributed by atoms with Gasteiger partial charge < -0.3 is 4.74 Å². The molecule has 0 unspecified atom stereocenters. The van der Waals surface area contributed by atoms with E-state index in [4.69, 9.17) is 4.74 Å². The fraction of sp³-hybridized carbons (Fsp3) is 0.263. The minimum absolute atomic E-state index is 0.00377. The zero-order valence-corrected chi connectivity index (χ0v) is 16.7. The van der Waals surface area contributed by atoms with Crippen LogP contribution in [0.4, 0.5) is 26.3 Å². The molecule has 0 saturated heterocycles. The standard InChI is InChI=1S/C19H15F6N5O3/c1-2-33-14-8-16(32)30(9-14)27-15(31)3-4-29-10-26-17(28-29)11-5-12(18(20,21)22)7-13(6-11)19(23,24)25/h3-8,10H,2,9H2,1H3,(H,27,31)/b4-3-. The highest BCUT2D eigenvalue weighted by Gasteiger charge is 2.37. The van der Waals surface area contributed by atoms with E-state index in [1.807, 2.05) is 0 Å². The van der Waals surface area contributed by atoms with E-state index < -0.39 is 46.7 Å². The highest BCUT2D eigenvalue weighted by molar-refractivity contribution is 5.95. The van der Waals surface area contributed by atoms with Crippen LogP contribution in [0.5, 0.6) is 0 Å². The molecule has 1 aromatic carbocycles. The second-order valence-electron chi connectivity index (χ2n) is 6.60. The van der Waals surface area contributed by atoms with E-state index in [9.17, 15) is 35.9 Å². The number of halogens is 6. The van der Waals surface area contributed by atoms with Gasteiger partial charge in [-0.3, -0.25) is 15.0 Å². The quantitative estimate of drug-likeness (QED) is 0.512. The molecule has 176 valence electrons. The number of alkyl halides is 6. The van der Waals surface area contributed by atoms with Crippen LogP contribution in [0.2, 0.25) is 0 Å². The van der Waals surface area contributed by atoms with Crippen LogP contribution < -0.4 is 5.43 Å². The van der Waals surface area contributed by atoms with E-state index in [1.54, 1.807) is 6.92 Å². The smallest absolute Gasteiger partial charge is 0.416 e. The molecule has 3 rings (SSSR count). The summed E-state index contributed by atoms with van der Waals surface area (Å²) >= 11 is 0. The third-order valence-corrected chi connectivity index (χ3v) is 4.17. The SMILES string of the molecule is CCOC1=CC(=O)N(NC(=O)/C=C\n2cnc(-c3cc(C(F)(F)F)cc(C(F)(F)F)c3)n2)C1. The predicted octanol–water partition coefficient (Wildman–Crippen LogP) is 3.25. The molecule has 1 N–H and O–H groups in total. The molecule has 0 bridgehead atoms. The fourth-order valence-corrected chi connectivity index (χ4v) is 2.74.